The van der Waals surface area contributed by atoms with E-state index >= 15 is 0 Å². The van der Waals surface area contributed by atoms with Gasteiger partial charge < -0.3 is 20.6 Å². The van der Waals surface area contributed by atoms with Gasteiger partial charge in [0.05, 0.1) is 15.5 Å². The van der Waals surface area contributed by atoms with Crippen molar-refractivity contribution < 1.29 is 25.9 Å². The molecule has 0 saturated heterocycles. The summed E-state index contributed by atoms with van der Waals surface area (Å²) in [6, 6.07) is 3.48. The summed E-state index contributed by atoms with van der Waals surface area (Å²) in [5.41, 5.74) is 9.36. The third-order valence-corrected chi connectivity index (χ3v) is 4.56. The largest absolute Gasteiger partial charge is 0.744 e. The van der Waals surface area contributed by atoms with Crippen molar-refractivity contribution in [1.29, 1.82) is 5.26 Å². The molecule has 13 heteroatoms. The molecule has 11 nitrogen and oxygen atoms in total. The Balaban J connectivity index is 3.00. The third-order valence-electron chi connectivity index (χ3n) is 2.83. The molecule has 0 radical (unpaired) electrons. The van der Waals surface area contributed by atoms with Crippen molar-refractivity contribution in [2.45, 2.75) is 9.79 Å². The number of rotatable bonds is 3. The maximum absolute atomic E-state index is 11.4. The van der Waals surface area contributed by atoms with E-state index in [1.807, 2.05) is 0 Å². The van der Waals surface area contributed by atoms with E-state index in [4.69, 9.17) is 16.7 Å². The highest BCUT2D eigenvalue weighted by Gasteiger charge is 2.20. The van der Waals surface area contributed by atoms with Crippen molar-refractivity contribution in [1.82, 2.24) is 9.97 Å². The van der Waals surface area contributed by atoms with Crippen LogP contribution in [0.1, 0.15) is 5.56 Å². The molecule has 1 aromatic heterocycles. The van der Waals surface area contributed by atoms with Crippen LogP contribution in [0.4, 0.5) is 11.8 Å². The Morgan fingerprint density at radius 3 is 2.17 bits per heavy atom. The molecule has 2 rings (SSSR count). The third kappa shape index (κ3) is 3.26. The molecule has 1 aromatic carbocycles. The van der Waals surface area contributed by atoms with Crippen LogP contribution in [0.3, 0.4) is 0 Å². The van der Waals surface area contributed by atoms with E-state index in [-0.39, 0.29) is 0 Å². The SMILES string of the molecule is N#Cc1c(N)nc(N)nc1-c1cc(S(=O)(=O)[O-])ccc1S(=O)(=O)[O-]. The lowest BCUT2D eigenvalue weighted by Crippen LogP contribution is -2.09. The highest BCUT2D eigenvalue weighted by atomic mass is 32.2. The summed E-state index contributed by atoms with van der Waals surface area (Å²) in [6.07, 6.45) is 0. The quantitative estimate of drug-likeness (QED) is 0.624. The molecule has 0 spiro atoms. The summed E-state index contributed by atoms with van der Waals surface area (Å²) in [7, 11) is -10.1. The molecule has 0 atom stereocenters. The molecule has 0 aliphatic rings. The summed E-state index contributed by atoms with van der Waals surface area (Å²) < 4.78 is 67.6. The molecule has 4 N–H and O–H groups in total. The molecular formula is C11H7N5O6S2-2. The zero-order chi connectivity index (χ0) is 18.3. The van der Waals surface area contributed by atoms with Gasteiger partial charge in [0.25, 0.3) is 0 Å². The number of nitrogens with zero attached hydrogens (tertiary/aromatic N) is 3. The Hall–Kier alpha value is -2.79. The second kappa shape index (κ2) is 5.69. The fourth-order valence-corrected chi connectivity index (χ4v) is 3.03. The molecule has 0 fully saturated rings. The van der Waals surface area contributed by atoms with E-state index in [0.717, 1.165) is 0 Å². The van der Waals surface area contributed by atoms with Crippen LogP contribution in [-0.4, -0.2) is 35.9 Å². The Morgan fingerprint density at radius 1 is 1.04 bits per heavy atom. The molecule has 0 saturated carbocycles. The number of nitriles is 1. The summed E-state index contributed by atoms with van der Waals surface area (Å²) in [6.45, 7) is 0. The van der Waals surface area contributed by atoms with Crippen LogP contribution in [0, 0.1) is 11.3 Å². The number of nitrogens with two attached hydrogens (primary N) is 2. The van der Waals surface area contributed by atoms with Crippen LogP contribution in [-0.2, 0) is 20.2 Å². The number of aromatic nitrogens is 2. The molecule has 0 bridgehead atoms. The van der Waals surface area contributed by atoms with Gasteiger partial charge in [-0.05, 0) is 18.2 Å². The number of anilines is 2. The zero-order valence-corrected chi connectivity index (χ0v) is 13.1. The number of hydrogen-bond donors (Lipinski definition) is 2. The van der Waals surface area contributed by atoms with Gasteiger partial charge in [0.1, 0.15) is 37.7 Å². The van der Waals surface area contributed by atoms with Crippen LogP contribution < -0.4 is 11.5 Å². The maximum atomic E-state index is 11.4. The molecule has 2 aromatic rings. The Kier molecular flexibility index (Phi) is 4.16. The van der Waals surface area contributed by atoms with Gasteiger partial charge in [-0.15, -0.1) is 0 Å². The predicted molar refractivity (Wildman–Crippen MR) is 76.9 cm³/mol. The number of benzene rings is 1. The molecule has 0 amide bonds. The molecular weight excluding hydrogens is 362 g/mol. The topological polar surface area (TPSA) is 216 Å². The maximum Gasteiger partial charge on any atom is 0.222 e. The second-order valence-electron chi connectivity index (χ2n) is 4.37. The molecule has 0 aliphatic carbocycles. The first-order chi connectivity index (χ1) is 10.9. The van der Waals surface area contributed by atoms with Crippen LogP contribution in [0.25, 0.3) is 11.3 Å². The van der Waals surface area contributed by atoms with Gasteiger partial charge in [0, 0.05) is 5.56 Å². The van der Waals surface area contributed by atoms with E-state index in [9.17, 15) is 25.9 Å². The predicted octanol–water partition coefficient (Wildman–Crippen LogP) is -1.01. The standard InChI is InChI=1S/C11H9N5O6S2/c12-4-7-9(15-11(14)16-10(7)13)6-3-5(23(17,18)19)1-2-8(6)24(20,21)22/h1-3H,(H,17,18,19)(H,20,21,22)(H4,13,14,15,16)/p-2. The van der Waals surface area contributed by atoms with Crippen molar-refractivity contribution in [3.8, 4) is 17.3 Å². The van der Waals surface area contributed by atoms with Gasteiger partial charge in [-0.2, -0.15) is 10.2 Å². The molecule has 1 heterocycles. The smallest absolute Gasteiger partial charge is 0.222 e. The van der Waals surface area contributed by atoms with Crippen molar-refractivity contribution in [3.05, 3.63) is 23.8 Å². The molecule has 0 unspecified atom stereocenters. The summed E-state index contributed by atoms with van der Waals surface area (Å²) >= 11 is 0. The van der Waals surface area contributed by atoms with Crippen LogP contribution in [0.5, 0.6) is 0 Å². The zero-order valence-electron chi connectivity index (χ0n) is 11.5. The fourth-order valence-electron chi connectivity index (χ4n) is 1.87. The van der Waals surface area contributed by atoms with Crippen LogP contribution in [0.15, 0.2) is 28.0 Å². The van der Waals surface area contributed by atoms with Gasteiger partial charge >= 0.3 is 0 Å². The van der Waals surface area contributed by atoms with E-state index in [2.05, 4.69) is 9.97 Å². The van der Waals surface area contributed by atoms with Crippen LogP contribution >= 0.6 is 0 Å². The highest BCUT2D eigenvalue weighted by Crippen LogP contribution is 2.32. The Labute approximate surface area is 136 Å². The Bertz CT molecular complexity index is 1090. The normalized spacial score (nSPS) is 11.9. The van der Waals surface area contributed by atoms with Gasteiger partial charge in [-0.25, -0.2) is 21.8 Å². The van der Waals surface area contributed by atoms with E-state index in [1.54, 1.807) is 6.07 Å². The lowest BCUT2D eigenvalue weighted by Gasteiger charge is -2.16. The molecule has 0 aliphatic heterocycles. The number of nitrogen functional groups attached to an aromatic ring is 2. The minimum atomic E-state index is -5.09. The lowest BCUT2D eigenvalue weighted by atomic mass is 10.1. The first kappa shape index (κ1) is 17.6. The molecule has 126 valence electrons. The van der Waals surface area contributed by atoms with Gasteiger partial charge in [-0.1, -0.05) is 0 Å². The first-order valence-electron chi connectivity index (χ1n) is 5.84. The summed E-state index contributed by atoms with van der Waals surface area (Å²) in [5, 5.41) is 9.12. The van der Waals surface area contributed by atoms with Crippen molar-refractivity contribution in [2.75, 3.05) is 11.5 Å². The molecule has 24 heavy (non-hydrogen) atoms. The minimum Gasteiger partial charge on any atom is -0.744 e. The average molecular weight is 369 g/mol. The van der Waals surface area contributed by atoms with Gasteiger partial charge in [0.2, 0.25) is 5.95 Å². The fraction of sp³-hybridized carbons (Fsp3) is 0. The summed E-state index contributed by atoms with van der Waals surface area (Å²) in [5.74, 6) is -0.865. The second-order valence-corrected chi connectivity index (χ2v) is 7.10. The average Bonchev–Trinajstić information content (AvgIpc) is 2.44. The van der Waals surface area contributed by atoms with Crippen molar-refractivity contribution in [2.24, 2.45) is 0 Å². The van der Waals surface area contributed by atoms with E-state index in [1.165, 1.54) is 0 Å². The number of hydrogen-bond acceptors (Lipinski definition) is 11. The van der Waals surface area contributed by atoms with E-state index < -0.39 is 58.6 Å². The summed E-state index contributed by atoms with van der Waals surface area (Å²) in [4.78, 5) is 5.42. The first-order valence-corrected chi connectivity index (χ1v) is 8.66. The van der Waals surface area contributed by atoms with Gasteiger partial charge in [0.15, 0.2) is 0 Å². The highest BCUT2D eigenvalue weighted by molar-refractivity contribution is 7.86. The minimum absolute atomic E-state index is 0.412. The van der Waals surface area contributed by atoms with Crippen molar-refractivity contribution >= 4 is 32.0 Å². The van der Waals surface area contributed by atoms with E-state index in [0.29, 0.717) is 18.2 Å². The monoisotopic (exact) mass is 369 g/mol. The van der Waals surface area contributed by atoms with Gasteiger partial charge in [-0.3, -0.25) is 0 Å². The lowest BCUT2D eigenvalue weighted by molar-refractivity contribution is 0.459. The van der Waals surface area contributed by atoms with Crippen LogP contribution in [0.2, 0.25) is 0 Å². The Morgan fingerprint density at radius 2 is 1.67 bits per heavy atom. The van der Waals surface area contributed by atoms with Crippen molar-refractivity contribution in [3.63, 3.8) is 0 Å².